The second kappa shape index (κ2) is 9.16. The van der Waals surface area contributed by atoms with Crippen molar-refractivity contribution in [2.45, 2.75) is 50.5 Å². The van der Waals surface area contributed by atoms with Crippen LogP contribution in [0, 0.1) is 5.92 Å². The van der Waals surface area contributed by atoms with Gasteiger partial charge in [-0.25, -0.2) is 0 Å². The van der Waals surface area contributed by atoms with Gasteiger partial charge >= 0.3 is 6.61 Å². The number of hydrogen-bond donors (Lipinski definition) is 1. The Kier molecular flexibility index (Phi) is 6.65. The van der Waals surface area contributed by atoms with Gasteiger partial charge in [0.15, 0.2) is 0 Å². The van der Waals surface area contributed by atoms with Crippen molar-refractivity contribution in [2.75, 3.05) is 5.75 Å². The first-order valence-electron chi connectivity index (χ1n) is 8.82. The van der Waals surface area contributed by atoms with Crippen molar-refractivity contribution in [1.29, 1.82) is 0 Å². The summed E-state index contributed by atoms with van der Waals surface area (Å²) in [6.07, 6.45) is 4.54. The Morgan fingerprint density at radius 1 is 1.30 bits per heavy atom. The van der Waals surface area contributed by atoms with Gasteiger partial charge in [-0.15, -0.1) is 10.2 Å². The molecule has 0 saturated heterocycles. The Hall–Kier alpha value is -2.16. The van der Waals surface area contributed by atoms with E-state index in [2.05, 4.69) is 27.2 Å². The Morgan fingerprint density at radius 3 is 2.74 bits per heavy atom. The minimum Gasteiger partial charge on any atom is -0.435 e. The lowest BCUT2D eigenvalue weighted by Gasteiger charge is -2.29. The van der Waals surface area contributed by atoms with Crippen molar-refractivity contribution in [3.63, 3.8) is 0 Å². The van der Waals surface area contributed by atoms with E-state index >= 15 is 0 Å². The molecular weight excluding hydrogens is 376 g/mol. The fraction of sp³-hybridized carbons (Fsp3) is 0.500. The summed E-state index contributed by atoms with van der Waals surface area (Å²) in [5, 5.41) is 11.2. The van der Waals surface area contributed by atoms with Gasteiger partial charge in [0.05, 0.1) is 5.75 Å². The van der Waals surface area contributed by atoms with Gasteiger partial charge in [-0.1, -0.05) is 31.5 Å². The van der Waals surface area contributed by atoms with Crippen LogP contribution in [-0.4, -0.2) is 34.5 Å². The third-order valence-corrected chi connectivity index (χ3v) is 5.34. The Morgan fingerprint density at radius 2 is 2.04 bits per heavy atom. The van der Waals surface area contributed by atoms with Gasteiger partial charge in [-0.3, -0.25) is 4.79 Å². The van der Waals surface area contributed by atoms with Crippen LogP contribution in [0.15, 0.2) is 33.9 Å². The summed E-state index contributed by atoms with van der Waals surface area (Å²) < 4.78 is 34.2. The van der Waals surface area contributed by atoms with Crippen LogP contribution in [0.25, 0.3) is 11.5 Å². The van der Waals surface area contributed by atoms with Crippen molar-refractivity contribution in [1.82, 2.24) is 15.5 Å². The minimum absolute atomic E-state index is 0.0491. The summed E-state index contributed by atoms with van der Waals surface area (Å²) in [6, 6.07) is 6.14. The van der Waals surface area contributed by atoms with E-state index in [-0.39, 0.29) is 34.6 Å². The largest absolute Gasteiger partial charge is 0.435 e. The number of rotatable bonds is 7. The number of amides is 1. The van der Waals surface area contributed by atoms with E-state index in [0.717, 1.165) is 19.3 Å². The topological polar surface area (TPSA) is 77.2 Å². The van der Waals surface area contributed by atoms with Crippen LogP contribution in [-0.2, 0) is 4.79 Å². The molecule has 2 aromatic rings. The number of carbonyl (C=O) groups excluding carboxylic acids is 1. The van der Waals surface area contributed by atoms with E-state index in [4.69, 9.17) is 4.42 Å². The SMILES string of the molecule is C[C@@H]1CCCC[C@H]1NC(=O)CSc1nnc(-c2ccc(OC(F)F)cc2)o1. The molecule has 1 heterocycles. The molecule has 27 heavy (non-hydrogen) atoms. The summed E-state index contributed by atoms with van der Waals surface area (Å²) in [7, 11) is 0. The van der Waals surface area contributed by atoms with Crippen LogP contribution in [0.2, 0.25) is 0 Å². The van der Waals surface area contributed by atoms with Crippen LogP contribution in [0.3, 0.4) is 0 Å². The number of nitrogens with zero attached hydrogens (tertiary/aromatic N) is 2. The molecular formula is C18H21F2N3O3S. The maximum absolute atomic E-state index is 12.2. The van der Waals surface area contributed by atoms with Gasteiger partial charge in [-0.2, -0.15) is 8.78 Å². The standard InChI is InChI=1S/C18H21F2N3O3S/c1-11-4-2-3-5-14(11)21-15(24)10-27-18-23-22-16(26-18)12-6-8-13(9-7-12)25-17(19)20/h6-9,11,14,17H,2-5,10H2,1H3,(H,21,24)/t11-,14-/m1/s1. The van der Waals surface area contributed by atoms with Crippen LogP contribution >= 0.6 is 11.8 Å². The zero-order valence-corrected chi connectivity index (χ0v) is 15.7. The molecule has 6 nitrogen and oxygen atoms in total. The molecule has 1 saturated carbocycles. The van der Waals surface area contributed by atoms with Crippen LogP contribution < -0.4 is 10.1 Å². The predicted molar refractivity (Wildman–Crippen MR) is 96.7 cm³/mol. The molecule has 0 bridgehead atoms. The molecule has 1 aromatic carbocycles. The average Bonchev–Trinajstić information content (AvgIpc) is 3.11. The first kappa shape index (κ1) is 19.6. The first-order valence-corrected chi connectivity index (χ1v) is 9.81. The number of alkyl halides is 2. The Labute approximate surface area is 160 Å². The van der Waals surface area contributed by atoms with Crippen molar-refractivity contribution in [2.24, 2.45) is 5.92 Å². The molecule has 3 rings (SSSR count). The zero-order chi connectivity index (χ0) is 19.2. The summed E-state index contributed by atoms with van der Waals surface area (Å²) >= 11 is 1.17. The number of benzene rings is 1. The lowest BCUT2D eigenvalue weighted by Crippen LogP contribution is -2.41. The van der Waals surface area contributed by atoms with Crippen LogP contribution in [0.5, 0.6) is 5.75 Å². The molecule has 146 valence electrons. The lowest BCUT2D eigenvalue weighted by atomic mass is 9.86. The number of thioether (sulfide) groups is 1. The Balaban J connectivity index is 1.51. The van der Waals surface area contributed by atoms with E-state index in [1.54, 1.807) is 12.1 Å². The zero-order valence-electron chi connectivity index (χ0n) is 14.9. The van der Waals surface area contributed by atoms with Gasteiger partial charge in [0.25, 0.3) is 5.22 Å². The number of hydrogen-bond acceptors (Lipinski definition) is 6. The van der Waals surface area contributed by atoms with Crippen molar-refractivity contribution in [3.8, 4) is 17.2 Å². The van der Waals surface area contributed by atoms with E-state index in [9.17, 15) is 13.6 Å². The van der Waals surface area contributed by atoms with Crippen molar-refractivity contribution >= 4 is 17.7 Å². The van der Waals surface area contributed by atoms with Gasteiger partial charge in [0, 0.05) is 11.6 Å². The maximum atomic E-state index is 12.2. The molecule has 1 N–H and O–H groups in total. The van der Waals surface area contributed by atoms with Crippen LogP contribution in [0.4, 0.5) is 8.78 Å². The Bertz CT molecular complexity index is 755. The van der Waals surface area contributed by atoms with Gasteiger partial charge < -0.3 is 14.5 Å². The molecule has 9 heteroatoms. The molecule has 1 fully saturated rings. The molecule has 0 spiro atoms. The summed E-state index contributed by atoms with van der Waals surface area (Å²) in [4.78, 5) is 12.1. The van der Waals surface area contributed by atoms with E-state index in [1.807, 2.05) is 0 Å². The molecule has 2 atom stereocenters. The molecule has 0 unspecified atom stereocenters. The third kappa shape index (κ3) is 5.66. The highest BCUT2D eigenvalue weighted by Gasteiger charge is 2.23. The quantitative estimate of drug-likeness (QED) is 0.708. The minimum atomic E-state index is -2.87. The fourth-order valence-corrected chi connectivity index (χ4v) is 3.64. The number of halogens is 2. The average molecular weight is 397 g/mol. The predicted octanol–water partition coefficient (Wildman–Crippen LogP) is 4.13. The monoisotopic (exact) mass is 397 g/mol. The molecule has 1 amide bonds. The third-order valence-electron chi connectivity index (χ3n) is 4.52. The van der Waals surface area contributed by atoms with E-state index in [1.165, 1.54) is 30.3 Å². The van der Waals surface area contributed by atoms with E-state index in [0.29, 0.717) is 11.5 Å². The second-order valence-electron chi connectivity index (χ2n) is 6.50. The molecule has 1 aliphatic rings. The maximum Gasteiger partial charge on any atom is 0.387 e. The van der Waals surface area contributed by atoms with Crippen LogP contribution in [0.1, 0.15) is 32.6 Å². The molecule has 0 aliphatic heterocycles. The number of carbonyl (C=O) groups is 1. The van der Waals surface area contributed by atoms with Gasteiger partial charge in [-0.05, 0) is 43.0 Å². The number of ether oxygens (including phenoxy) is 1. The van der Waals surface area contributed by atoms with Gasteiger partial charge in [0.1, 0.15) is 5.75 Å². The second-order valence-corrected chi connectivity index (χ2v) is 7.43. The highest BCUT2D eigenvalue weighted by atomic mass is 32.2. The van der Waals surface area contributed by atoms with Crippen molar-refractivity contribution in [3.05, 3.63) is 24.3 Å². The highest BCUT2D eigenvalue weighted by molar-refractivity contribution is 7.99. The van der Waals surface area contributed by atoms with Crippen molar-refractivity contribution < 1.29 is 22.7 Å². The first-order chi connectivity index (χ1) is 13.0. The highest BCUT2D eigenvalue weighted by Crippen LogP contribution is 2.26. The summed E-state index contributed by atoms with van der Waals surface area (Å²) in [5.74, 6) is 0.956. The molecule has 1 aliphatic carbocycles. The number of aromatic nitrogens is 2. The van der Waals surface area contributed by atoms with Gasteiger partial charge in [0.2, 0.25) is 11.8 Å². The fourth-order valence-electron chi connectivity index (χ4n) is 3.07. The number of nitrogens with one attached hydrogen (secondary N) is 1. The summed E-state index contributed by atoms with van der Waals surface area (Å²) in [5.41, 5.74) is 0.580. The smallest absolute Gasteiger partial charge is 0.387 e. The summed E-state index contributed by atoms with van der Waals surface area (Å²) in [6.45, 7) is -0.705. The lowest BCUT2D eigenvalue weighted by molar-refractivity contribution is -0.119. The van der Waals surface area contributed by atoms with E-state index < -0.39 is 6.61 Å². The normalized spacial score (nSPS) is 19.9. The molecule has 0 radical (unpaired) electrons. The molecule has 1 aromatic heterocycles.